The van der Waals surface area contributed by atoms with Gasteiger partial charge < -0.3 is 14.5 Å². The van der Waals surface area contributed by atoms with Crippen molar-refractivity contribution in [1.29, 1.82) is 0 Å². The van der Waals surface area contributed by atoms with E-state index in [1.165, 1.54) is 6.07 Å². The van der Waals surface area contributed by atoms with E-state index in [-0.39, 0.29) is 11.8 Å². The van der Waals surface area contributed by atoms with Gasteiger partial charge in [0.25, 0.3) is 5.91 Å². The van der Waals surface area contributed by atoms with Gasteiger partial charge in [0.05, 0.1) is 5.56 Å². The molecule has 1 aliphatic rings. The Morgan fingerprint density at radius 3 is 2.27 bits per heavy atom. The maximum atomic E-state index is 13.0. The highest BCUT2D eigenvalue weighted by molar-refractivity contribution is 5.81. The fraction of sp³-hybridized carbons (Fsp3) is 0.435. The summed E-state index contributed by atoms with van der Waals surface area (Å²) in [5.74, 6) is 0.868. The molecule has 162 valence electrons. The summed E-state index contributed by atoms with van der Waals surface area (Å²) in [6.45, 7) is 7.70. The van der Waals surface area contributed by atoms with Gasteiger partial charge in [-0.1, -0.05) is 38.1 Å². The van der Waals surface area contributed by atoms with Crippen LogP contribution < -0.4 is 9.64 Å². The Kier molecular flexibility index (Phi) is 6.58. The van der Waals surface area contributed by atoms with E-state index in [1.54, 1.807) is 17.9 Å². The number of benzene rings is 2. The van der Waals surface area contributed by atoms with Crippen LogP contribution >= 0.6 is 0 Å². The van der Waals surface area contributed by atoms with Gasteiger partial charge in [-0.2, -0.15) is 13.2 Å². The lowest BCUT2D eigenvalue weighted by molar-refractivity contribution is -0.138. The number of anilines is 1. The minimum absolute atomic E-state index is 0.114. The van der Waals surface area contributed by atoms with Crippen LogP contribution in [0.15, 0.2) is 48.5 Å². The molecule has 0 spiro atoms. The maximum Gasteiger partial charge on any atom is 0.416 e. The van der Waals surface area contributed by atoms with Gasteiger partial charge in [-0.05, 0) is 42.7 Å². The third-order valence-corrected chi connectivity index (χ3v) is 5.32. The number of rotatable bonds is 5. The Morgan fingerprint density at radius 1 is 0.967 bits per heavy atom. The molecule has 1 amide bonds. The predicted molar refractivity (Wildman–Crippen MR) is 111 cm³/mol. The van der Waals surface area contributed by atoms with Crippen molar-refractivity contribution in [2.45, 2.75) is 39.0 Å². The second-order valence-electron chi connectivity index (χ2n) is 7.81. The average Bonchev–Trinajstić information content (AvgIpc) is 2.73. The van der Waals surface area contributed by atoms with Crippen LogP contribution in [-0.4, -0.2) is 43.1 Å². The van der Waals surface area contributed by atoms with E-state index < -0.39 is 17.8 Å². The molecule has 1 saturated heterocycles. The van der Waals surface area contributed by atoms with E-state index >= 15 is 0 Å². The van der Waals surface area contributed by atoms with Crippen LogP contribution in [0.3, 0.4) is 0 Å². The summed E-state index contributed by atoms with van der Waals surface area (Å²) >= 11 is 0. The molecule has 0 aliphatic carbocycles. The topological polar surface area (TPSA) is 32.8 Å². The molecular weight excluding hydrogens is 393 g/mol. The van der Waals surface area contributed by atoms with E-state index in [0.717, 1.165) is 17.7 Å². The number of alkyl halides is 3. The van der Waals surface area contributed by atoms with Crippen LogP contribution in [0, 0.1) is 0 Å². The number of carbonyl (C=O) groups is 1. The van der Waals surface area contributed by atoms with E-state index in [0.29, 0.717) is 37.6 Å². The number of para-hydroxylation sites is 1. The second-order valence-corrected chi connectivity index (χ2v) is 7.81. The smallest absolute Gasteiger partial charge is 0.416 e. The minimum Gasteiger partial charge on any atom is -0.481 e. The summed E-state index contributed by atoms with van der Waals surface area (Å²) in [5, 5.41) is 0. The number of nitrogens with zero attached hydrogens (tertiary/aromatic N) is 2. The van der Waals surface area contributed by atoms with Crippen molar-refractivity contribution in [3.05, 3.63) is 59.7 Å². The first-order chi connectivity index (χ1) is 14.2. The Hall–Kier alpha value is -2.70. The summed E-state index contributed by atoms with van der Waals surface area (Å²) in [6, 6.07) is 13.0. The number of hydrogen-bond donors (Lipinski definition) is 0. The summed E-state index contributed by atoms with van der Waals surface area (Å²) in [4.78, 5) is 16.4. The third kappa shape index (κ3) is 5.07. The van der Waals surface area contributed by atoms with Gasteiger partial charge in [-0.25, -0.2) is 0 Å². The van der Waals surface area contributed by atoms with Gasteiger partial charge in [0.1, 0.15) is 5.75 Å². The van der Waals surface area contributed by atoms with Gasteiger partial charge in [0, 0.05) is 31.9 Å². The minimum atomic E-state index is -4.37. The highest BCUT2D eigenvalue weighted by Crippen LogP contribution is 2.32. The number of piperazine rings is 1. The highest BCUT2D eigenvalue weighted by Gasteiger charge is 2.32. The molecule has 4 nitrogen and oxygen atoms in total. The molecule has 1 aliphatic heterocycles. The molecule has 0 saturated carbocycles. The van der Waals surface area contributed by atoms with Crippen molar-refractivity contribution in [2.75, 3.05) is 31.1 Å². The molecule has 0 radical (unpaired) electrons. The van der Waals surface area contributed by atoms with E-state index in [9.17, 15) is 18.0 Å². The molecular formula is C23H27F3N2O2. The molecule has 1 heterocycles. The van der Waals surface area contributed by atoms with E-state index in [1.807, 2.05) is 29.2 Å². The fourth-order valence-corrected chi connectivity index (χ4v) is 3.63. The van der Waals surface area contributed by atoms with Crippen LogP contribution in [0.25, 0.3) is 0 Å². The van der Waals surface area contributed by atoms with Crippen molar-refractivity contribution in [1.82, 2.24) is 4.90 Å². The Labute approximate surface area is 175 Å². The molecule has 1 atom stereocenters. The van der Waals surface area contributed by atoms with Gasteiger partial charge in [0.15, 0.2) is 6.10 Å². The number of halogens is 3. The molecule has 0 N–H and O–H groups in total. The molecule has 0 unspecified atom stereocenters. The molecule has 0 bridgehead atoms. The number of carbonyl (C=O) groups excluding carboxylic acids is 1. The Morgan fingerprint density at radius 2 is 1.63 bits per heavy atom. The molecule has 7 heteroatoms. The third-order valence-electron chi connectivity index (χ3n) is 5.32. The van der Waals surface area contributed by atoms with Crippen molar-refractivity contribution in [2.24, 2.45) is 0 Å². The van der Waals surface area contributed by atoms with E-state index in [4.69, 9.17) is 4.74 Å². The first kappa shape index (κ1) is 22.0. The van der Waals surface area contributed by atoms with Gasteiger partial charge in [0.2, 0.25) is 0 Å². The first-order valence-electron chi connectivity index (χ1n) is 10.1. The van der Waals surface area contributed by atoms with Crippen LogP contribution in [0.5, 0.6) is 5.75 Å². The molecule has 1 fully saturated rings. The Bertz CT molecular complexity index is 875. The number of amides is 1. The van der Waals surface area contributed by atoms with Crippen LogP contribution in [0.1, 0.15) is 37.8 Å². The maximum absolute atomic E-state index is 13.0. The summed E-state index contributed by atoms with van der Waals surface area (Å²) in [5.41, 5.74) is 0.906. The molecule has 30 heavy (non-hydrogen) atoms. The van der Waals surface area contributed by atoms with Crippen molar-refractivity contribution >= 4 is 11.6 Å². The standard InChI is InChI=1S/C23H27F3N2O2/c1-16(2)20-9-4-5-10-21(20)30-17(3)22(29)28-13-11-27(12-14-28)19-8-6-7-18(15-19)23(24,25)26/h4-10,15-17H,11-14H2,1-3H3/t17-/m0/s1. The number of ether oxygens (including phenoxy) is 1. The summed E-state index contributed by atoms with van der Waals surface area (Å²) in [6.07, 6.45) is -5.00. The van der Waals surface area contributed by atoms with Crippen molar-refractivity contribution < 1.29 is 22.7 Å². The zero-order valence-corrected chi connectivity index (χ0v) is 17.4. The molecule has 2 aromatic carbocycles. The van der Waals surface area contributed by atoms with Crippen molar-refractivity contribution in [3.8, 4) is 5.75 Å². The van der Waals surface area contributed by atoms with Crippen molar-refractivity contribution in [3.63, 3.8) is 0 Å². The SMILES string of the molecule is CC(C)c1ccccc1O[C@@H](C)C(=O)N1CCN(c2cccc(C(F)(F)F)c2)CC1. The zero-order valence-electron chi connectivity index (χ0n) is 17.4. The lowest BCUT2D eigenvalue weighted by Gasteiger charge is -2.37. The largest absolute Gasteiger partial charge is 0.481 e. The monoisotopic (exact) mass is 420 g/mol. The van der Waals surface area contributed by atoms with Gasteiger partial charge in [-0.3, -0.25) is 4.79 Å². The van der Waals surface area contributed by atoms with Crippen LogP contribution in [-0.2, 0) is 11.0 Å². The normalized spacial score (nSPS) is 16.0. The highest BCUT2D eigenvalue weighted by atomic mass is 19.4. The molecule has 2 aromatic rings. The first-order valence-corrected chi connectivity index (χ1v) is 10.1. The van der Waals surface area contributed by atoms with Crippen LogP contribution in [0.2, 0.25) is 0 Å². The lowest BCUT2D eigenvalue weighted by atomic mass is 10.0. The summed E-state index contributed by atoms with van der Waals surface area (Å²) in [7, 11) is 0. The number of hydrogen-bond acceptors (Lipinski definition) is 3. The average molecular weight is 420 g/mol. The summed E-state index contributed by atoms with van der Waals surface area (Å²) < 4.78 is 44.8. The van der Waals surface area contributed by atoms with Gasteiger partial charge in [-0.15, -0.1) is 0 Å². The quantitative estimate of drug-likeness (QED) is 0.687. The molecule has 0 aromatic heterocycles. The Balaban J connectivity index is 1.60. The van der Waals surface area contributed by atoms with Gasteiger partial charge >= 0.3 is 6.18 Å². The zero-order chi connectivity index (χ0) is 21.9. The second kappa shape index (κ2) is 8.98. The lowest BCUT2D eigenvalue weighted by Crippen LogP contribution is -2.52. The fourth-order valence-electron chi connectivity index (χ4n) is 3.63. The predicted octanol–water partition coefficient (Wildman–Crippen LogP) is 4.94. The van der Waals surface area contributed by atoms with E-state index in [2.05, 4.69) is 13.8 Å². The van der Waals surface area contributed by atoms with Crippen LogP contribution in [0.4, 0.5) is 18.9 Å². The molecule has 3 rings (SSSR count).